The second-order valence-corrected chi connectivity index (χ2v) is 6.83. The van der Waals surface area contributed by atoms with Crippen LogP contribution in [0.15, 0.2) is 0 Å². The predicted octanol–water partition coefficient (Wildman–Crippen LogP) is 1.51. The van der Waals surface area contributed by atoms with E-state index in [1.165, 1.54) is 6.42 Å². The van der Waals surface area contributed by atoms with Crippen molar-refractivity contribution in [3.05, 3.63) is 0 Å². The summed E-state index contributed by atoms with van der Waals surface area (Å²) in [5, 5.41) is 6.59. The molecule has 17 heavy (non-hydrogen) atoms. The van der Waals surface area contributed by atoms with E-state index in [1.54, 1.807) is 0 Å². The van der Waals surface area contributed by atoms with E-state index >= 15 is 0 Å². The highest BCUT2D eigenvalue weighted by Gasteiger charge is 2.68. The van der Waals surface area contributed by atoms with E-state index in [2.05, 4.69) is 10.6 Å². The van der Waals surface area contributed by atoms with Crippen LogP contribution in [0.25, 0.3) is 0 Å². The zero-order chi connectivity index (χ0) is 12.3. The van der Waals surface area contributed by atoms with E-state index in [1.807, 2.05) is 20.8 Å². The topological polar surface area (TPSA) is 50.4 Å². The average Bonchev–Trinajstić information content (AvgIpc) is 2.55. The van der Waals surface area contributed by atoms with Crippen molar-refractivity contribution in [1.82, 2.24) is 10.6 Å². The summed E-state index contributed by atoms with van der Waals surface area (Å²) in [6.45, 7) is 7.89. The SMILES string of the molecule is CC(C)(C)OC(=O)N[C@]12CC1C[C@H]1CNC[C@@H]12. The van der Waals surface area contributed by atoms with Gasteiger partial charge in [-0.2, -0.15) is 0 Å². The molecule has 1 heterocycles. The Morgan fingerprint density at radius 3 is 2.88 bits per heavy atom. The third kappa shape index (κ3) is 1.82. The molecule has 2 saturated carbocycles. The van der Waals surface area contributed by atoms with Gasteiger partial charge in [-0.1, -0.05) is 0 Å². The van der Waals surface area contributed by atoms with Crippen LogP contribution < -0.4 is 10.6 Å². The summed E-state index contributed by atoms with van der Waals surface area (Å²) < 4.78 is 5.37. The van der Waals surface area contributed by atoms with Crippen LogP contribution in [-0.4, -0.2) is 30.3 Å². The number of alkyl carbamates (subject to hydrolysis) is 1. The molecule has 0 aromatic rings. The summed E-state index contributed by atoms with van der Waals surface area (Å²) in [6, 6.07) is 0. The molecule has 96 valence electrons. The summed E-state index contributed by atoms with van der Waals surface area (Å²) in [5.41, 5.74) is -0.340. The van der Waals surface area contributed by atoms with Crippen LogP contribution in [0.3, 0.4) is 0 Å². The molecule has 2 aliphatic carbocycles. The third-order valence-corrected chi connectivity index (χ3v) is 4.47. The van der Waals surface area contributed by atoms with Crippen LogP contribution in [0.2, 0.25) is 0 Å². The van der Waals surface area contributed by atoms with Crippen molar-refractivity contribution < 1.29 is 9.53 Å². The molecule has 3 aliphatic rings. The van der Waals surface area contributed by atoms with Crippen molar-refractivity contribution in [2.45, 2.75) is 44.8 Å². The van der Waals surface area contributed by atoms with Crippen molar-refractivity contribution in [3.63, 3.8) is 0 Å². The molecule has 0 spiro atoms. The Morgan fingerprint density at radius 1 is 1.41 bits per heavy atom. The fourth-order valence-corrected chi connectivity index (χ4v) is 3.78. The summed E-state index contributed by atoms with van der Waals surface area (Å²) in [6.07, 6.45) is 2.18. The molecule has 1 unspecified atom stereocenters. The Bertz CT molecular complexity index is 350. The van der Waals surface area contributed by atoms with Crippen molar-refractivity contribution >= 4 is 6.09 Å². The Kier molecular flexibility index (Phi) is 2.25. The Labute approximate surface area is 102 Å². The molecule has 4 nitrogen and oxygen atoms in total. The summed E-state index contributed by atoms with van der Waals surface area (Å²) >= 11 is 0. The first kappa shape index (κ1) is 11.3. The van der Waals surface area contributed by atoms with E-state index in [-0.39, 0.29) is 11.6 Å². The van der Waals surface area contributed by atoms with Gasteiger partial charge in [-0.15, -0.1) is 0 Å². The van der Waals surface area contributed by atoms with Gasteiger partial charge >= 0.3 is 6.09 Å². The smallest absolute Gasteiger partial charge is 0.408 e. The lowest BCUT2D eigenvalue weighted by Crippen LogP contribution is -2.46. The number of nitrogens with one attached hydrogen (secondary N) is 2. The predicted molar refractivity (Wildman–Crippen MR) is 64.7 cm³/mol. The van der Waals surface area contributed by atoms with Crippen molar-refractivity contribution in [2.24, 2.45) is 17.8 Å². The highest BCUT2D eigenvalue weighted by molar-refractivity contribution is 5.70. The Morgan fingerprint density at radius 2 is 2.18 bits per heavy atom. The summed E-state index contributed by atoms with van der Waals surface area (Å²) in [7, 11) is 0. The van der Waals surface area contributed by atoms with Crippen LogP contribution in [0, 0.1) is 17.8 Å². The highest BCUT2D eigenvalue weighted by atomic mass is 16.6. The van der Waals surface area contributed by atoms with Crippen LogP contribution in [-0.2, 0) is 4.74 Å². The lowest BCUT2D eigenvalue weighted by molar-refractivity contribution is 0.0476. The summed E-state index contributed by atoms with van der Waals surface area (Å²) in [5.74, 6) is 2.09. The molecule has 1 amide bonds. The molecule has 4 heteroatoms. The van der Waals surface area contributed by atoms with Gasteiger partial charge in [-0.3, -0.25) is 0 Å². The Balaban J connectivity index is 1.64. The molecule has 1 saturated heterocycles. The second-order valence-electron chi connectivity index (χ2n) is 6.83. The lowest BCUT2D eigenvalue weighted by atomic mass is 9.91. The molecule has 2 N–H and O–H groups in total. The molecule has 0 radical (unpaired) electrons. The van der Waals surface area contributed by atoms with E-state index in [0.29, 0.717) is 11.8 Å². The maximum atomic E-state index is 11.9. The lowest BCUT2D eigenvalue weighted by Gasteiger charge is -2.26. The van der Waals surface area contributed by atoms with E-state index in [9.17, 15) is 4.79 Å². The van der Waals surface area contributed by atoms with Gasteiger partial charge in [-0.25, -0.2) is 4.79 Å². The van der Waals surface area contributed by atoms with E-state index in [4.69, 9.17) is 4.74 Å². The van der Waals surface area contributed by atoms with Crippen molar-refractivity contribution in [1.29, 1.82) is 0 Å². The van der Waals surface area contributed by atoms with Crippen LogP contribution >= 0.6 is 0 Å². The maximum Gasteiger partial charge on any atom is 0.408 e. The average molecular weight is 238 g/mol. The molecule has 0 bridgehead atoms. The normalized spacial score (nSPS) is 42.9. The third-order valence-electron chi connectivity index (χ3n) is 4.47. The molecule has 3 rings (SSSR count). The fourth-order valence-electron chi connectivity index (χ4n) is 3.78. The minimum absolute atomic E-state index is 0.0660. The number of carbonyl (C=O) groups is 1. The first-order valence-electron chi connectivity index (χ1n) is 6.62. The molecule has 0 aromatic carbocycles. The van der Waals surface area contributed by atoms with Gasteiger partial charge in [0.15, 0.2) is 0 Å². The second kappa shape index (κ2) is 3.37. The first-order valence-corrected chi connectivity index (χ1v) is 6.62. The van der Waals surface area contributed by atoms with Gasteiger partial charge in [0.05, 0.1) is 5.54 Å². The molecule has 1 aliphatic heterocycles. The molecule has 3 fully saturated rings. The van der Waals surface area contributed by atoms with Crippen LogP contribution in [0.1, 0.15) is 33.6 Å². The van der Waals surface area contributed by atoms with Gasteiger partial charge < -0.3 is 15.4 Å². The summed E-state index contributed by atoms with van der Waals surface area (Å²) in [4.78, 5) is 11.9. The van der Waals surface area contributed by atoms with Crippen LogP contribution in [0.5, 0.6) is 0 Å². The number of hydrogen-bond acceptors (Lipinski definition) is 3. The molecular weight excluding hydrogens is 216 g/mol. The maximum absolute atomic E-state index is 11.9. The minimum Gasteiger partial charge on any atom is -0.444 e. The number of fused-ring (bicyclic) bond motifs is 3. The minimum atomic E-state index is -0.406. The first-order chi connectivity index (χ1) is 7.91. The van der Waals surface area contributed by atoms with Gasteiger partial charge in [0.25, 0.3) is 0 Å². The standard InChI is InChI=1S/C13H22N2O2/c1-12(2,3)17-11(16)15-13-5-9(13)4-8-6-14-7-10(8)13/h8-10,14H,4-7H2,1-3H3,(H,15,16)/t8-,9?,10-,13+/m0/s1. The number of ether oxygens (including phenoxy) is 1. The monoisotopic (exact) mass is 238 g/mol. The highest BCUT2D eigenvalue weighted by Crippen LogP contribution is 2.62. The van der Waals surface area contributed by atoms with Crippen molar-refractivity contribution in [2.75, 3.05) is 13.1 Å². The zero-order valence-corrected chi connectivity index (χ0v) is 10.9. The van der Waals surface area contributed by atoms with Gasteiger partial charge in [-0.05, 0) is 57.9 Å². The molecular formula is C13H22N2O2. The quantitative estimate of drug-likeness (QED) is 0.728. The number of hydrogen-bond donors (Lipinski definition) is 2. The van der Waals surface area contributed by atoms with E-state index < -0.39 is 5.60 Å². The van der Waals surface area contributed by atoms with E-state index in [0.717, 1.165) is 25.4 Å². The largest absolute Gasteiger partial charge is 0.444 e. The number of rotatable bonds is 1. The van der Waals surface area contributed by atoms with Gasteiger partial charge in [0.1, 0.15) is 5.60 Å². The number of carbonyl (C=O) groups excluding carboxylic acids is 1. The van der Waals surface area contributed by atoms with Crippen LogP contribution in [0.4, 0.5) is 4.79 Å². The van der Waals surface area contributed by atoms with Gasteiger partial charge in [0.2, 0.25) is 0 Å². The van der Waals surface area contributed by atoms with Gasteiger partial charge in [0, 0.05) is 6.54 Å². The Hall–Kier alpha value is -0.770. The molecule has 0 aromatic heterocycles. The molecule has 4 atom stereocenters. The number of amides is 1. The zero-order valence-electron chi connectivity index (χ0n) is 10.9. The fraction of sp³-hybridized carbons (Fsp3) is 0.923. The van der Waals surface area contributed by atoms with Crippen molar-refractivity contribution in [3.8, 4) is 0 Å².